The second-order valence-corrected chi connectivity index (χ2v) is 7.78. The van der Waals surface area contributed by atoms with Crippen LogP contribution in [0.4, 0.5) is 0 Å². The van der Waals surface area contributed by atoms with Crippen molar-refractivity contribution < 1.29 is 5.11 Å². The van der Waals surface area contributed by atoms with Gasteiger partial charge in [-0.2, -0.15) is 0 Å². The molecule has 0 aromatic rings. The molecule has 3 atom stereocenters. The second-order valence-electron chi connectivity index (χ2n) is 7.78. The Labute approximate surface area is 133 Å². The van der Waals surface area contributed by atoms with Crippen molar-refractivity contribution in [1.82, 2.24) is 0 Å². The normalized spacial score (nSPS) is 17.2. The summed E-state index contributed by atoms with van der Waals surface area (Å²) >= 11 is 0. The van der Waals surface area contributed by atoms with Crippen LogP contribution in [0.1, 0.15) is 92.4 Å². The van der Waals surface area contributed by atoms with Crippen molar-refractivity contribution in [1.29, 1.82) is 0 Å². The summed E-state index contributed by atoms with van der Waals surface area (Å²) in [5.41, 5.74) is -0.912. The Kier molecular flexibility index (Phi) is 10.9. The Morgan fingerprint density at radius 1 is 0.857 bits per heavy atom. The predicted molar refractivity (Wildman–Crippen MR) is 94.2 cm³/mol. The van der Waals surface area contributed by atoms with Gasteiger partial charge < -0.3 is 5.11 Å². The van der Waals surface area contributed by atoms with Crippen LogP contribution in [0, 0.1) is 30.1 Å². The highest BCUT2D eigenvalue weighted by molar-refractivity contribution is 5.03. The molecule has 2 unspecified atom stereocenters. The highest BCUT2D eigenvalue weighted by Gasteiger charge is 2.16. The average molecular weight is 295 g/mol. The van der Waals surface area contributed by atoms with Gasteiger partial charge in [-0.25, -0.2) is 0 Å². The van der Waals surface area contributed by atoms with Crippen LogP contribution < -0.4 is 0 Å². The maximum absolute atomic E-state index is 9.77. The minimum atomic E-state index is -0.912. The fraction of sp³-hybridized carbons (Fsp3) is 0.900. The zero-order valence-corrected chi connectivity index (χ0v) is 15.1. The monoisotopic (exact) mass is 294 g/mol. The number of terminal acetylenes is 1. The first kappa shape index (κ1) is 20.5. The molecule has 0 radical (unpaired) electrons. The topological polar surface area (TPSA) is 20.2 Å². The van der Waals surface area contributed by atoms with Crippen molar-refractivity contribution in [3.63, 3.8) is 0 Å². The lowest BCUT2D eigenvalue weighted by molar-refractivity contribution is 0.107. The highest BCUT2D eigenvalue weighted by atomic mass is 16.3. The van der Waals surface area contributed by atoms with Crippen molar-refractivity contribution in [3.8, 4) is 12.3 Å². The number of hydrogen-bond acceptors (Lipinski definition) is 1. The predicted octanol–water partition coefficient (Wildman–Crippen LogP) is 5.81. The van der Waals surface area contributed by atoms with Crippen molar-refractivity contribution in [2.24, 2.45) is 17.8 Å². The second kappa shape index (κ2) is 11.1. The first-order valence-corrected chi connectivity index (χ1v) is 8.97. The molecule has 0 heterocycles. The van der Waals surface area contributed by atoms with Crippen LogP contribution in [-0.2, 0) is 0 Å². The average Bonchev–Trinajstić information content (AvgIpc) is 2.38. The van der Waals surface area contributed by atoms with Gasteiger partial charge >= 0.3 is 0 Å². The van der Waals surface area contributed by atoms with Gasteiger partial charge in [0.05, 0.1) is 0 Å². The molecular formula is C20H38O. The van der Waals surface area contributed by atoms with Crippen LogP contribution in [0.15, 0.2) is 0 Å². The van der Waals surface area contributed by atoms with Crippen LogP contribution in [0.3, 0.4) is 0 Å². The fourth-order valence-electron chi connectivity index (χ4n) is 2.84. The summed E-state index contributed by atoms with van der Waals surface area (Å²) in [5, 5.41) is 9.77. The maximum atomic E-state index is 9.77. The van der Waals surface area contributed by atoms with Crippen LogP contribution in [0.2, 0.25) is 0 Å². The van der Waals surface area contributed by atoms with E-state index in [1.54, 1.807) is 6.92 Å². The molecule has 0 bridgehead atoms. The summed E-state index contributed by atoms with van der Waals surface area (Å²) in [5.74, 6) is 4.93. The van der Waals surface area contributed by atoms with E-state index in [0.717, 1.165) is 30.6 Å². The zero-order valence-electron chi connectivity index (χ0n) is 15.1. The molecule has 0 saturated carbocycles. The fourth-order valence-corrected chi connectivity index (χ4v) is 2.84. The van der Waals surface area contributed by atoms with Crippen molar-refractivity contribution >= 4 is 0 Å². The van der Waals surface area contributed by atoms with Gasteiger partial charge in [0.2, 0.25) is 0 Å². The van der Waals surface area contributed by atoms with E-state index in [2.05, 4.69) is 33.6 Å². The van der Waals surface area contributed by atoms with E-state index >= 15 is 0 Å². The van der Waals surface area contributed by atoms with E-state index in [9.17, 15) is 5.11 Å². The molecule has 1 N–H and O–H groups in total. The molecule has 0 fully saturated rings. The molecule has 0 amide bonds. The minimum absolute atomic E-state index is 0.722. The Morgan fingerprint density at radius 2 is 1.29 bits per heavy atom. The molecule has 0 aliphatic rings. The van der Waals surface area contributed by atoms with Gasteiger partial charge in [-0.05, 0) is 37.5 Å². The van der Waals surface area contributed by atoms with Crippen LogP contribution in [0.5, 0.6) is 0 Å². The van der Waals surface area contributed by atoms with Gasteiger partial charge in [-0.3, -0.25) is 0 Å². The molecule has 0 saturated heterocycles. The SMILES string of the molecule is C#C[C@@](C)(O)CCCC(C)CCCC(C)CCCC(C)C. The largest absolute Gasteiger partial charge is 0.378 e. The van der Waals surface area contributed by atoms with E-state index in [1.807, 2.05) is 0 Å². The van der Waals surface area contributed by atoms with E-state index in [0.29, 0.717) is 0 Å². The quantitative estimate of drug-likeness (QED) is 0.450. The Morgan fingerprint density at radius 3 is 1.71 bits per heavy atom. The highest BCUT2D eigenvalue weighted by Crippen LogP contribution is 2.22. The number of aliphatic hydroxyl groups is 1. The molecule has 0 aromatic carbocycles. The van der Waals surface area contributed by atoms with Gasteiger partial charge in [-0.1, -0.05) is 78.6 Å². The van der Waals surface area contributed by atoms with Gasteiger partial charge in [0.15, 0.2) is 0 Å². The summed E-state index contributed by atoms with van der Waals surface area (Å²) < 4.78 is 0. The minimum Gasteiger partial charge on any atom is -0.378 e. The molecule has 1 nitrogen and oxygen atoms in total. The standard InChI is InChI=1S/C20H38O/c1-7-20(6,21)16-10-15-19(5)14-9-13-18(4)12-8-11-17(2)3/h1,17-19,21H,8-16H2,2-6H3/t18?,19?,20-/m1/s1. The van der Waals surface area contributed by atoms with Crippen LogP contribution >= 0.6 is 0 Å². The van der Waals surface area contributed by atoms with Gasteiger partial charge in [0.1, 0.15) is 5.60 Å². The van der Waals surface area contributed by atoms with Gasteiger partial charge in [0, 0.05) is 0 Å². The number of rotatable bonds is 12. The summed E-state index contributed by atoms with van der Waals surface area (Å²) in [7, 11) is 0. The molecule has 124 valence electrons. The molecule has 0 spiro atoms. The van der Waals surface area contributed by atoms with Crippen molar-refractivity contribution in [2.45, 2.75) is 98.0 Å². The summed E-state index contributed by atoms with van der Waals surface area (Å²) in [6.45, 7) is 11.1. The Balaban J connectivity index is 3.57. The van der Waals surface area contributed by atoms with E-state index < -0.39 is 5.60 Å². The zero-order chi connectivity index (χ0) is 16.3. The number of hydrogen-bond donors (Lipinski definition) is 1. The van der Waals surface area contributed by atoms with Crippen LogP contribution in [-0.4, -0.2) is 10.7 Å². The van der Waals surface area contributed by atoms with Crippen molar-refractivity contribution in [3.05, 3.63) is 0 Å². The molecule has 0 aromatic heterocycles. The lowest BCUT2D eigenvalue weighted by atomic mass is 9.90. The van der Waals surface area contributed by atoms with E-state index in [1.165, 1.54) is 44.9 Å². The van der Waals surface area contributed by atoms with E-state index in [4.69, 9.17) is 6.42 Å². The third-order valence-corrected chi connectivity index (χ3v) is 4.54. The summed E-state index contributed by atoms with van der Waals surface area (Å²) in [6, 6.07) is 0. The molecule has 21 heavy (non-hydrogen) atoms. The summed E-state index contributed by atoms with van der Waals surface area (Å²) in [4.78, 5) is 0. The van der Waals surface area contributed by atoms with E-state index in [-0.39, 0.29) is 0 Å². The van der Waals surface area contributed by atoms with Gasteiger partial charge in [-0.15, -0.1) is 6.42 Å². The molecule has 0 aliphatic carbocycles. The lowest BCUT2D eigenvalue weighted by Crippen LogP contribution is -2.20. The lowest BCUT2D eigenvalue weighted by Gasteiger charge is -2.18. The Hall–Kier alpha value is -0.480. The third kappa shape index (κ3) is 12.9. The Bertz CT molecular complexity index is 285. The first-order valence-electron chi connectivity index (χ1n) is 8.97. The van der Waals surface area contributed by atoms with Crippen molar-refractivity contribution in [2.75, 3.05) is 0 Å². The first-order chi connectivity index (χ1) is 9.76. The molecule has 0 aliphatic heterocycles. The molecule has 0 rings (SSSR count). The maximum Gasteiger partial charge on any atom is 0.122 e. The third-order valence-electron chi connectivity index (χ3n) is 4.54. The smallest absolute Gasteiger partial charge is 0.122 e. The van der Waals surface area contributed by atoms with Crippen LogP contribution in [0.25, 0.3) is 0 Å². The molecular weight excluding hydrogens is 256 g/mol. The molecule has 1 heteroatoms. The summed E-state index contributed by atoms with van der Waals surface area (Å²) in [6.07, 6.45) is 16.4. The van der Waals surface area contributed by atoms with Gasteiger partial charge in [0.25, 0.3) is 0 Å².